The molecule has 0 radical (unpaired) electrons. The van der Waals surface area contributed by atoms with E-state index >= 15 is 0 Å². The minimum Gasteiger partial charge on any atom is -0.336 e. The number of benzene rings is 2. The first kappa shape index (κ1) is 18.7. The molecule has 0 aliphatic carbocycles. The quantitative estimate of drug-likeness (QED) is 0.644. The molecule has 144 valence electrons. The number of thiophene rings is 1. The van der Waals surface area contributed by atoms with Crippen LogP contribution in [0.3, 0.4) is 0 Å². The number of hydrogen-bond donors (Lipinski definition) is 2. The molecule has 0 spiro atoms. The number of carbonyl (C=O) groups is 1. The van der Waals surface area contributed by atoms with Gasteiger partial charge < -0.3 is 10.6 Å². The van der Waals surface area contributed by atoms with E-state index in [4.69, 9.17) is 0 Å². The molecule has 4 nitrogen and oxygen atoms in total. The lowest BCUT2D eigenvalue weighted by Gasteiger charge is -2.35. The van der Waals surface area contributed by atoms with Crippen molar-refractivity contribution in [3.05, 3.63) is 87.6 Å². The minimum atomic E-state index is -0.164. The van der Waals surface area contributed by atoms with Crippen LogP contribution in [0.4, 0.5) is 10.5 Å². The number of rotatable bonds is 5. The van der Waals surface area contributed by atoms with E-state index in [-0.39, 0.29) is 12.1 Å². The van der Waals surface area contributed by atoms with Gasteiger partial charge in [-0.3, -0.25) is 4.90 Å². The van der Waals surface area contributed by atoms with Gasteiger partial charge in [-0.25, -0.2) is 4.79 Å². The average Bonchev–Trinajstić information content (AvgIpc) is 3.24. The van der Waals surface area contributed by atoms with Crippen molar-refractivity contribution in [2.45, 2.75) is 25.9 Å². The van der Waals surface area contributed by atoms with Gasteiger partial charge in [0, 0.05) is 30.2 Å². The largest absolute Gasteiger partial charge is 0.336 e. The van der Waals surface area contributed by atoms with Gasteiger partial charge in [-0.1, -0.05) is 48.0 Å². The van der Waals surface area contributed by atoms with Crippen LogP contribution in [-0.4, -0.2) is 24.0 Å². The summed E-state index contributed by atoms with van der Waals surface area (Å²) in [6, 6.07) is 20.8. The second kappa shape index (κ2) is 8.59. The molecule has 2 amide bonds. The molecule has 1 aromatic heterocycles. The Bertz CT molecular complexity index is 921. The minimum absolute atomic E-state index is 0.164. The highest BCUT2D eigenvalue weighted by Crippen LogP contribution is 2.30. The molecule has 28 heavy (non-hydrogen) atoms. The number of anilines is 1. The summed E-state index contributed by atoms with van der Waals surface area (Å²) >= 11 is 1.75. The normalized spacial score (nSPS) is 14.9. The van der Waals surface area contributed by atoms with Gasteiger partial charge in [-0.15, -0.1) is 11.3 Å². The molecule has 4 rings (SSSR count). The SMILES string of the molecule is Cc1ccc(NC(=O)NC[C@H](c2cccs2)N2CCc3ccccc3C2)cc1. The first-order valence-electron chi connectivity index (χ1n) is 9.65. The fourth-order valence-corrected chi connectivity index (χ4v) is 4.54. The van der Waals surface area contributed by atoms with E-state index in [2.05, 4.69) is 57.3 Å². The summed E-state index contributed by atoms with van der Waals surface area (Å²) in [6.45, 7) is 4.54. The van der Waals surface area contributed by atoms with Gasteiger partial charge in [0.1, 0.15) is 0 Å². The molecule has 2 aromatic carbocycles. The van der Waals surface area contributed by atoms with Crippen LogP contribution in [-0.2, 0) is 13.0 Å². The molecule has 2 N–H and O–H groups in total. The zero-order valence-corrected chi connectivity index (χ0v) is 16.8. The zero-order chi connectivity index (χ0) is 19.3. The van der Waals surface area contributed by atoms with Crippen LogP contribution in [0.25, 0.3) is 0 Å². The van der Waals surface area contributed by atoms with Crippen molar-refractivity contribution >= 4 is 23.1 Å². The predicted molar refractivity (Wildman–Crippen MR) is 116 cm³/mol. The highest BCUT2D eigenvalue weighted by Gasteiger charge is 2.25. The Labute approximate surface area is 170 Å². The third kappa shape index (κ3) is 4.43. The van der Waals surface area contributed by atoms with Gasteiger partial charge in [0.15, 0.2) is 0 Å². The monoisotopic (exact) mass is 391 g/mol. The Morgan fingerprint density at radius 1 is 1.07 bits per heavy atom. The molecular formula is C23H25N3OS. The number of hydrogen-bond acceptors (Lipinski definition) is 3. The van der Waals surface area contributed by atoms with Crippen molar-refractivity contribution in [1.82, 2.24) is 10.2 Å². The number of fused-ring (bicyclic) bond motifs is 1. The Balaban J connectivity index is 1.43. The molecular weight excluding hydrogens is 366 g/mol. The standard InChI is InChI=1S/C23H25N3OS/c1-17-8-10-20(11-9-17)25-23(27)24-15-21(22-7-4-14-28-22)26-13-12-18-5-2-3-6-19(18)16-26/h2-11,14,21H,12-13,15-16H2,1H3,(H2,24,25,27)/t21-/m1/s1. The third-order valence-corrected chi connectivity index (χ3v) is 6.21. The second-order valence-corrected chi connectivity index (χ2v) is 8.20. The second-order valence-electron chi connectivity index (χ2n) is 7.22. The molecule has 0 saturated heterocycles. The number of carbonyl (C=O) groups excluding carboxylic acids is 1. The average molecular weight is 392 g/mol. The van der Waals surface area contributed by atoms with Gasteiger partial charge in [0.25, 0.3) is 0 Å². The van der Waals surface area contributed by atoms with E-state index in [9.17, 15) is 4.79 Å². The number of urea groups is 1. The van der Waals surface area contributed by atoms with E-state index in [1.807, 2.05) is 31.2 Å². The first-order valence-corrected chi connectivity index (χ1v) is 10.5. The summed E-state index contributed by atoms with van der Waals surface area (Å²) in [5.74, 6) is 0. The maximum atomic E-state index is 12.4. The van der Waals surface area contributed by atoms with Gasteiger partial charge in [0.05, 0.1) is 6.04 Å². The van der Waals surface area contributed by atoms with Crippen molar-refractivity contribution in [1.29, 1.82) is 0 Å². The Hall–Kier alpha value is -2.63. The predicted octanol–water partition coefficient (Wildman–Crippen LogP) is 4.98. The van der Waals surface area contributed by atoms with Gasteiger partial charge in [-0.05, 0) is 48.1 Å². The number of nitrogens with zero attached hydrogens (tertiary/aromatic N) is 1. The number of aryl methyl sites for hydroxylation is 1. The van der Waals surface area contributed by atoms with Crippen molar-refractivity contribution in [2.24, 2.45) is 0 Å². The summed E-state index contributed by atoms with van der Waals surface area (Å²) in [5, 5.41) is 8.10. The number of nitrogens with one attached hydrogen (secondary N) is 2. The Morgan fingerprint density at radius 3 is 2.61 bits per heavy atom. The lowest BCUT2D eigenvalue weighted by Crippen LogP contribution is -2.41. The summed E-state index contributed by atoms with van der Waals surface area (Å²) in [6.07, 6.45) is 1.05. The lowest BCUT2D eigenvalue weighted by atomic mass is 9.98. The van der Waals surface area contributed by atoms with E-state index < -0.39 is 0 Å². The molecule has 0 saturated carbocycles. The van der Waals surface area contributed by atoms with Crippen molar-refractivity contribution in [3.8, 4) is 0 Å². The molecule has 3 aromatic rings. The fourth-order valence-electron chi connectivity index (χ4n) is 3.68. The maximum absolute atomic E-state index is 12.4. The highest BCUT2D eigenvalue weighted by molar-refractivity contribution is 7.10. The topological polar surface area (TPSA) is 44.4 Å². The van der Waals surface area contributed by atoms with Crippen LogP contribution in [0.1, 0.15) is 27.6 Å². The number of amides is 2. The molecule has 0 bridgehead atoms. The van der Waals surface area contributed by atoms with Crippen LogP contribution in [0.15, 0.2) is 66.0 Å². The highest BCUT2D eigenvalue weighted by atomic mass is 32.1. The van der Waals surface area contributed by atoms with E-state index in [0.29, 0.717) is 6.54 Å². The summed E-state index contributed by atoms with van der Waals surface area (Å²) in [5.41, 5.74) is 4.81. The molecule has 0 unspecified atom stereocenters. The fraction of sp³-hybridized carbons (Fsp3) is 0.261. The molecule has 2 heterocycles. The molecule has 0 fully saturated rings. The van der Waals surface area contributed by atoms with Crippen molar-refractivity contribution in [3.63, 3.8) is 0 Å². The molecule has 5 heteroatoms. The molecule has 1 aliphatic rings. The summed E-state index contributed by atoms with van der Waals surface area (Å²) < 4.78 is 0. The van der Waals surface area contributed by atoms with Gasteiger partial charge in [-0.2, -0.15) is 0 Å². The van der Waals surface area contributed by atoms with Crippen LogP contribution in [0.2, 0.25) is 0 Å². The summed E-state index contributed by atoms with van der Waals surface area (Å²) in [4.78, 5) is 16.2. The maximum Gasteiger partial charge on any atom is 0.319 e. The van der Waals surface area contributed by atoms with Crippen LogP contribution in [0, 0.1) is 6.92 Å². The molecule has 1 aliphatic heterocycles. The van der Waals surface area contributed by atoms with Gasteiger partial charge >= 0.3 is 6.03 Å². The lowest BCUT2D eigenvalue weighted by molar-refractivity contribution is 0.178. The smallest absolute Gasteiger partial charge is 0.319 e. The van der Waals surface area contributed by atoms with Crippen molar-refractivity contribution < 1.29 is 4.79 Å². The van der Waals surface area contributed by atoms with E-state index in [0.717, 1.165) is 25.2 Å². The van der Waals surface area contributed by atoms with Gasteiger partial charge in [0.2, 0.25) is 0 Å². The Kier molecular flexibility index (Phi) is 5.74. The van der Waals surface area contributed by atoms with Crippen LogP contribution in [0.5, 0.6) is 0 Å². The van der Waals surface area contributed by atoms with Crippen molar-refractivity contribution in [2.75, 3.05) is 18.4 Å². The Morgan fingerprint density at radius 2 is 1.86 bits per heavy atom. The first-order chi connectivity index (χ1) is 13.7. The van der Waals surface area contributed by atoms with Crippen LogP contribution < -0.4 is 10.6 Å². The van der Waals surface area contributed by atoms with E-state index in [1.165, 1.54) is 21.6 Å². The van der Waals surface area contributed by atoms with Crippen LogP contribution >= 0.6 is 11.3 Å². The third-order valence-electron chi connectivity index (χ3n) is 5.24. The zero-order valence-electron chi connectivity index (χ0n) is 16.0. The molecule has 1 atom stereocenters. The summed E-state index contributed by atoms with van der Waals surface area (Å²) in [7, 11) is 0. The van der Waals surface area contributed by atoms with E-state index in [1.54, 1.807) is 11.3 Å².